The second-order valence-corrected chi connectivity index (χ2v) is 7.39. The Kier molecular flexibility index (Phi) is 4.10. The van der Waals surface area contributed by atoms with Gasteiger partial charge in [0.05, 0.1) is 6.54 Å². The van der Waals surface area contributed by atoms with Crippen LogP contribution in [-0.2, 0) is 13.0 Å². The number of benzene rings is 3. The average Bonchev–Trinajstić information content (AvgIpc) is 3.07. The molecular weight excluding hydrogens is 368 g/mol. The van der Waals surface area contributed by atoms with E-state index in [2.05, 4.69) is 23.2 Å². The maximum Gasteiger partial charge on any atom is 0.258 e. The summed E-state index contributed by atoms with van der Waals surface area (Å²) in [5, 5.41) is 2.80. The lowest BCUT2D eigenvalue weighted by atomic mass is 9.93. The molecule has 3 aromatic carbocycles. The highest BCUT2D eigenvalue weighted by Crippen LogP contribution is 2.35. The maximum atomic E-state index is 13.2. The fraction of sp³-hybridized carbons (Fsp3) is 0.0833. The van der Waals surface area contributed by atoms with Crippen LogP contribution in [0.5, 0.6) is 0 Å². The van der Waals surface area contributed by atoms with Gasteiger partial charge in [-0.15, -0.1) is 0 Å². The van der Waals surface area contributed by atoms with Gasteiger partial charge in [0.2, 0.25) is 0 Å². The molecule has 1 aromatic heterocycles. The summed E-state index contributed by atoms with van der Waals surface area (Å²) in [5.74, 6) is 0.0578. The average molecular weight is 385 g/mol. The quantitative estimate of drug-likeness (QED) is 0.428. The predicted octanol–water partition coefficient (Wildman–Crippen LogP) is 5.64. The first-order valence-electron chi connectivity index (χ1n) is 9.21. The van der Waals surface area contributed by atoms with Crippen LogP contribution in [0.2, 0.25) is 5.15 Å². The van der Waals surface area contributed by atoms with Gasteiger partial charge in [-0.05, 0) is 58.1 Å². The predicted molar refractivity (Wildman–Crippen MR) is 113 cm³/mol. The molecule has 0 N–H and O–H groups in total. The summed E-state index contributed by atoms with van der Waals surface area (Å²) >= 11 is 5.92. The van der Waals surface area contributed by atoms with E-state index in [1.54, 1.807) is 12.3 Å². The zero-order chi connectivity index (χ0) is 19.1. The maximum absolute atomic E-state index is 13.2. The second kappa shape index (κ2) is 6.77. The van der Waals surface area contributed by atoms with Crippen LogP contribution < -0.4 is 4.90 Å². The van der Waals surface area contributed by atoms with E-state index in [4.69, 9.17) is 11.6 Å². The molecule has 0 fully saturated rings. The molecule has 1 aliphatic rings. The molecule has 0 saturated heterocycles. The van der Waals surface area contributed by atoms with Crippen molar-refractivity contribution in [3.8, 4) is 0 Å². The van der Waals surface area contributed by atoms with Gasteiger partial charge in [-0.25, -0.2) is 4.98 Å². The van der Waals surface area contributed by atoms with Gasteiger partial charge >= 0.3 is 0 Å². The number of hydrogen-bond donors (Lipinski definition) is 0. The van der Waals surface area contributed by atoms with E-state index in [1.807, 2.05) is 53.4 Å². The van der Waals surface area contributed by atoms with Crippen molar-refractivity contribution in [3.05, 3.63) is 106 Å². The van der Waals surface area contributed by atoms with Crippen LogP contribution in [0.25, 0.3) is 10.8 Å². The molecule has 0 atom stereocenters. The van der Waals surface area contributed by atoms with Gasteiger partial charge in [0.15, 0.2) is 0 Å². The van der Waals surface area contributed by atoms with Crippen molar-refractivity contribution in [1.29, 1.82) is 0 Å². The number of nitrogens with zero attached hydrogens (tertiary/aromatic N) is 2. The number of rotatable bonds is 3. The summed E-state index contributed by atoms with van der Waals surface area (Å²) in [5.41, 5.74) is 5.01. The van der Waals surface area contributed by atoms with E-state index in [1.165, 1.54) is 5.39 Å². The molecule has 4 aromatic rings. The number of aromatic nitrogens is 1. The van der Waals surface area contributed by atoms with Crippen molar-refractivity contribution in [2.75, 3.05) is 4.90 Å². The number of carbonyl (C=O) groups is 1. The smallest absolute Gasteiger partial charge is 0.258 e. The fourth-order valence-electron chi connectivity index (χ4n) is 3.94. The normalized spacial score (nSPS) is 13.2. The number of hydrogen-bond acceptors (Lipinski definition) is 2. The number of anilines is 1. The van der Waals surface area contributed by atoms with Crippen LogP contribution >= 0.6 is 11.6 Å². The molecule has 4 heteroatoms. The largest absolute Gasteiger partial charge is 0.304 e. The first-order chi connectivity index (χ1) is 13.7. The minimum Gasteiger partial charge on any atom is -0.304 e. The van der Waals surface area contributed by atoms with E-state index in [0.717, 1.165) is 33.3 Å². The molecule has 1 amide bonds. The second-order valence-electron chi connectivity index (χ2n) is 7.00. The van der Waals surface area contributed by atoms with Gasteiger partial charge in [-0.1, -0.05) is 60.1 Å². The van der Waals surface area contributed by atoms with Gasteiger partial charge < -0.3 is 4.90 Å². The zero-order valence-electron chi connectivity index (χ0n) is 15.1. The summed E-state index contributed by atoms with van der Waals surface area (Å²) in [7, 11) is 0. The van der Waals surface area contributed by atoms with E-state index in [9.17, 15) is 4.79 Å². The van der Waals surface area contributed by atoms with E-state index in [0.29, 0.717) is 18.1 Å². The minimum atomic E-state index is 0.0578. The Bertz CT molecular complexity index is 1190. The number of fused-ring (bicyclic) bond motifs is 3. The number of pyridine rings is 1. The molecule has 0 bridgehead atoms. The Morgan fingerprint density at radius 1 is 0.929 bits per heavy atom. The lowest BCUT2D eigenvalue weighted by Gasteiger charge is -2.15. The Labute approximate surface area is 168 Å². The highest BCUT2D eigenvalue weighted by Gasteiger charge is 2.30. The molecule has 1 aliphatic heterocycles. The third-order valence-electron chi connectivity index (χ3n) is 5.28. The number of amides is 1. The van der Waals surface area contributed by atoms with Crippen molar-refractivity contribution in [2.45, 2.75) is 13.0 Å². The highest BCUT2D eigenvalue weighted by molar-refractivity contribution is 6.29. The van der Waals surface area contributed by atoms with Gasteiger partial charge in [-0.3, -0.25) is 4.79 Å². The lowest BCUT2D eigenvalue weighted by molar-refractivity contribution is 0.0996. The molecule has 0 saturated carbocycles. The molecule has 136 valence electrons. The van der Waals surface area contributed by atoms with Crippen LogP contribution in [-0.4, -0.2) is 10.9 Å². The van der Waals surface area contributed by atoms with Crippen molar-refractivity contribution in [2.24, 2.45) is 0 Å². The summed E-state index contributed by atoms with van der Waals surface area (Å²) in [6.07, 6.45) is 2.50. The molecule has 0 spiro atoms. The SMILES string of the molecule is O=C1c2cc(Cc3ccc(Cl)nc3)c3ccccc3c2CN1c1ccccc1. The van der Waals surface area contributed by atoms with Gasteiger partial charge in [0.1, 0.15) is 5.15 Å². The van der Waals surface area contributed by atoms with Gasteiger partial charge in [0, 0.05) is 17.4 Å². The minimum absolute atomic E-state index is 0.0578. The summed E-state index contributed by atoms with van der Waals surface area (Å²) < 4.78 is 0. The van der Waals surface area contributed by atoms with Crippen LogP contribution in [0.15, 0.2) is 79.0 Å². The van der Waals surface area contributed by atoms with Crippen LogP contribution in [0.4, 0.5) is 5.69 Å². The zero-order valence-corrected chi connectivity index (χ0v) is 15.9. The number of halogens is 1. The van der Waals surface area contributed by atoms with Crippen molar-refractivity contribution in [1.82, 2.24) is 4.98 Å². The monoisotopic (exact) mass is 384 g/mol. The highest BCUT2D eigenvalue weighted by atomic mass is 35.5. The Morgan fingerprint density at radius 2 is 1.68 bits per heavy atom. The first kappa shape index (κ1) is 17.0. The van der Waals surface area contributed by atoms with E-state index < -0.39 is 0 Å². The molecule has 2 heterocycles. The van der Waals surface area contributed by atoms with Crippen LogP contribution in [0.3, 0.4) is 0 Å². The molecule has 5 rings (SSSR count). The fourth-order valence-corrected chi connectivity index (χ4v) is 4.05. The number of carbonyl (C=O) groups excluding carboxylic acids is 1. The molecule has 0 radical (unpaired) electrons. The first-order valence-corrected chi connectivity index (χ1v) is 9.59. The third kappa shape index (κ3) is 2.85. The Morgan fingerprint density at radius 3 is 2.43 bits per heavy atom. The molecule has 0 unspecified atom stereocenters. The Hall–Kier alpha value is -3.17. The standard InChI is InChI=1S/C24H17ClN2O/c25-23-11-10-16(14-26-23)12-17-13-21-22(20-9-5-4-8-19(17)20)15-27(24(21)28)18-6-2-1-3-7-18/h1-11,13-14H,12,15H2. The summed E-state index contributed by atoms with van der Waals surface area (Å²) in [4.78, 5) is 19.2. The van der Waals surface area contributed by atoms with Crippen molar-refractivity contribution >= 4 is 34.0 Å². The summed E-state index contributed by atoms with van der Waals surface area (Å²) in [6.45, 7) is 0.599. The van der Waals surface area contributed by atoms with Gasteiger partial charge in [0.25, 0.3) is 5.91 Å². The van der Waals surface area contributed by atoms with E-state index in [-0.39, 0.29) is 5.91 Å². The number of para-hydroxylation sites is 1. The molecule has 28 heavy (non-hydrogen) atoms. The summed E-state index contributed by atoms with van der Waals surface area (Å²) in [6, 6.07) is 24.0. The third-order valence-corrected chi connectivity index (χ3v) is 5.51. The lowest BCUT2D eigenvalue weighted by Crippen LogP contribution is -2.22. The van der Waals surface area contributed by atoms with Crippen LogP contribution in [0.1, 0.15) is 27.0 Å². The molecular formula is C24H17ClN2O. The molecule has 3 nitrogen and oxygen atoms in total. The molecule has 0 aliphatic carbocycles. The van der Waals surface area contributed by atoms with Crippen molar-refractivity contribution < 1.29 is 4.79 Å². The topological polar surface area (TPSA) is 33.2 Å². The van der Waals surface area contributed by atoms with E-state index >= 15 is 0 Å². The van der Waals surface area contributed by atoms with Gasteiger partial charge in [-0.2, -0.15) is 0 Å². The van der Waals surface area contributed by atoms with Crippen molar-refractivity contribution in [3.63, 3.8) is 0 Å². The Balaban J connectivity index is 1.63. The van der Waals surface area contributed by atoms with Crippen LogP contribution in [0, 0.1) is 0 Å².